The molecule has 0 aromatic heterocycles. The van der Waals surface area contributed by atoms with Crippen molar-refractivity contribution in [2.75, 3.05) is 13.2 Å². The second kappa shape index (κ2) is 9.87. The molecular formula is C27H32N2O5. The fourth-order valence-corrected chi connectivity index (χ4v) is 4.88. The van der Waals surface area contributed by atoms with Gasteiger partial charge in [-0.15, -0.1) is 0 Å². The summed E-state index contributed by atoms with van der Waals surface area (Å²) in [6.07, 6.45) is 1.30. The lowest BCUT2D eigenvalue weighted by atomic mass is 9.93. The summed E-state index contributed by atoms with van der Waals surface area (Å²) in [5.41, 5.74) is 3.55. The van der Waals surface area contributed by atoms with Gasteiger partial charge in [0.2, 0.25) is 5.91 Å². The molecule has 0 bridgehead atoms. The van der Waals surface area contributed by atoms with Crippen LogP contribution in [0.5, 0.6) is 0 Å². The average molecular weight is 465 g/mol. The molecule has 2 amide bonds. The van der Waals surface area contributed by atoms with Crippen LogP contribution in [0.25, 0.3) is 11.1 Å². The molecule has 180 valence electrons. The third-order valence-electron chi connectivity index (χ3n) is 6.70. The highest BCUT2D eigenvalue weighted by Gasteiger charge is 2.51. The van der Waals surface area contributed by atoms with Crippen molar-refractivity contribution in [2.24, 2.45) is 11.8 Å². The molecule has 0 spiro atoms. The van der Waals surface area contributed by atoms with E-state index >= 15 is 0 Å². The van der Waals surface area contributed by atoms with E-state index in [0.29, 0.717) is 25.3 Å². The fraction of sp³-hybridized carbons (Fsp3) is 0.444. The molecule has 2 aromatic carbocycles. The number of benzene rings is 2. The number of carboxylic acids is 1. The van der Waals surface area contributed by atoms with Crippen LogP contribution in [-0.2, 0) is 14.3 Å². The zero-order chi connectivity index (χ0) is 24.3. The van der Waals surface area contributed by atoms with E-state index < -0.39 is 17.6 Å². The minimum Gasteiger partial charge on any atom is -0.480 e. The van der Waals surface area contributed by atoms with Crippen LogP contribution in [0.1, 0.15) is 56.6 Å². The molecule has 0 aliphatic heterocycles. The second-order valence-electron chi connectivity index (χ2n) is 9.84. The van der Waals surface area contributed by atoms with Crippen molar-refractivity contribution in [1.82, 2.24) is 10.6 Å². The Bertz CT molecular complexity index is 1030. The predicted molar refractivity (Wildman–Crippen MR) is 128 cm³/mol. The molecule has 0 unspecified atom stereocenters. The molecule has 3 N–H and O–H groups in total. The van der Waals surface area contributed by atoms with Crippen molar-refractivity contribution in [1.29, 1.82) is 0 Å². The quantitative estimate of drug-likeness (QED) is 0.486. The molecule has 0 heterocycles. The van der Waals surface area contributed by atoms with Crippen molar-refractivity contribution >= 4 is 18.0 Å². The number of nitrogens with one attached hydrogen (secondary N) is 2. The minimum atomic E-state index is -1.10. The summed E-state index contributed by atoms with van der Waals surface area (Å²) in [6.45, 7) is 4.63. The van der Waals surface area contributed by atoms with E-state index in [1.165, 1.54) is 11.1 Å². The Hall–Kier alpha value is -3.35. The van der Waals surface area contributed by atoms with E-state index in [2.05, 4.69) is 48.7 Å². The number of ether oxygens (including phenoxy) is 1. The smallest absolute Gasteiger partial charge is 0.407 e. The van der Waals surface area contributed by atoms with Gasteiger partial charge in [-0.25, -0.2) is 9.59 Å². The van der Waals surface area contributed by atoms with Crippen LogP contribution < -0.4 is 10.6 Å². The molecule has 1 fully saturated rings. The Labute approximate surface area is 199 Å². The van der Waals surface area contributed by atoms with Crippen LogP contribution in [0.3, 0.4) is 0 Å². The van der Waals surface area contributed by atoms with Gasteiger partial charge in [-0.3, -0.25) is 4.79 Å². The number of amides is 2. The van der Waals surface area contributed by atoms with E-state index in [9.17, 15) is 19.5 Å². The Kier molecular flexibility index (Phi) is 6.91. The summed E-state index contributed by atoms with van der Waals surface area (Å²) in [5, 5.41) is 14.8. The third kappa shape index (κ3) is 5.24. The zero-order valence-corrected chi connectivity index (χ0v) is 19.7. The molecule has 2 aliphatic rings. The SMILES string of the molecule is CC(C)C[C@H](CNC(=O)OCC1c2ccccc2-c2ccccc21)CC(=O)NC1(C(=O)O)CC1. The molecule has 0 saturated heterocycles. The van der Waals surface area contributed by atoms with Crippen molar-refractivity contribution in [3.8, 4) is 11.1 Å². The summed E-state index contributed by atoms with van der Waals surface area (Å²) in [4.78, 5) is 36.3. The lowest BCUT2D eigenvalue weighted by molar-refractivity contribution is -0.143. The van der Waals surface area contributed by atoms with Gasteiger partial charge >= 0.3 is 12.1 Å². The Morgan fingerprint density at radius 1 is 1.03 bits per heavy atom. The molecule has 4 rings (SSSR count). The Morgan fingerprint density at radius 3 is 2.15 bits per heavy atom. The monoisotopic (exact) mass is 464 g/mol. The first-order valence-electron chi connectivity index (χ1n) is 11.9. The van der Waals surface area contributed by atoms with Crippen molar-refractivity contribution in [3.63, 3.8) is 0 Å². The van der Waals surface area contributed by atoms with Gasteiger partial charge in [0.1, 0.15) is 12.1 Å². The standard InChI is InChI=1S/C27H32N2O5/c1-17(2)13-18(14-24(30)29-27(11-12-27)25(31)32)15-28-26(33)34-16-23-21-9-5-3-7-19(21)20-8-4-6-10-22(20)23/h3-10,17-18,23H,11-16H2,1-2H3,(H,28,33)(H,29,30)(H,31,32)/t18-/m0/s1. The number of hydrogen-bond acceptors (Lipinski definition) is 4. The van der Waals surface area contributed by atoms with E-state index in [1.54, 1.807) is 0 Å². The topological polar surface area (TPSA) is 105 Å². The first-order chi connectivity index (χ1) is 16.3. The van der Waals surface area contributed by atoms with Crippen molar-refractivity contribution in [3.05, 3.63) is 59.7 Å². The average Bonchev–Trinajstić information content (AvgIpc) is 3.51. The Balaban J connectivity index is 1.31. The zero-order valence-electron chi connectivity index (χ0n) is 19.7. The van der Waals surface area contributed by atoms with Gasteiger partial charge in [0.25, 0.3) is 0 Å². The first kappa shape index (κ1) is 23.8. The normalized spacial score (nSPS) is 16.3. The van der Waals surface area contributed by atoms with E-state index in [0.717, 1.165) is 17.5 Å². The Morgan fingerprint density at radius 2 is 1.62 bits per heavy atom. The highest BCUT2D eigenvalue weighted by molar-refractivity contribution is 5.89. The van der Waals surface area contributed by atoms with Gasteiger partial charge in [0.05, 0.1) is 0 Å². The number of aliphatic carboxylic acids is 1. The summed E-state index contributed by atoms with van der Waals surface area (Å²) in [7, 11) is 0. The summed E-state index contributed by atoms with van der Waals surface area (Å²) < 4.78 is 5.59. The van der Waals surface area contributed by atoms with Gasteiger partial charge in [-0.05, 0) is 53.4 Å². The van der Waals surface area contributed by atoms with Crippen LogP contribution in [0, 0.1) is 11.8 Å². The molecule has 7 nitrogen and oxygen atoms in total. The number of carbonyl (C=O) groups is 3. The molecule has 2 aliphatic carbocycles. The van der Waals surface area contributed by atoms with Crippen LogP contribution in [0.4, 0.5) is 4.79 Å². The summed E-state index contributed by atoms with van der Waals surface area (Å²) in [5.74, 6) is -1.07. The van der Waals surface area contributed by atoms with Gasteiger partial charge in [0, 0.05) is 18.9 Å². The number of alkyl carbamates (subject to hydrolysis) is 1. The molecule has 34 heavy (non-hydrogen) atoms. The van der Waals surface area contributed by atoms with Crippen molar-refractivity contribution in [2.45, 2.75) is 51.0 Å². The highest BCUT2D eigenvalue weighted by Crippen LogP contribution is 2.44. The second-order valence-corrected chi connectivity index (χ2v) is 9.84. The number of fused-ring (bicyclic) bond motifs is 3. The molecule has 1 atom stereocenters. The summed E-state index contributed by atoms with van der Waals surface area (Å²) >= 11 is 0. The molecule has 1 saturated carbocycles. The number of carboxylic acid groups (broad SMARTS) is 1. The van der Waals surface area contributed by atoms with E-state index in [4.69, 9.17) is 4.74 Å². The van der Waals surface area contributed by atoms with Crippen LogP contribution >= 0.6 is 0 Å². The maximum atomic E-state index is 12.5. The van der Waals surface area contributed by atoms with Crippen LogP contribution in [0.2, 0.25) is 0 Å². The third-order valence-corrected chi connectivity index (χ3v) is 6.70. The highest BCUT2D eigenvalue weighted by atomic mass is 16.5. The fourth-order valence-electron chi connectivity index (χ4n) is 4.88. The van der Waals surface area contributed by atoms with Crippen molar-refractivity contribution < 1.29 is 24.2 Å². The van der Waals surface area contributed by atoms with Gasteiger partial charge in [-0.2, -0.15) is 0 Å². The lowest BCUT2D eigenvalue weighted by Crippen LogP contribution is -2.44. The lowest BCUT2D eigenvalue weighted by Gasteiger charge is -2.21. The maximum absolute atomic E-state index is 12.5. The van der Waals surface area contributed by atoms with Gasteiger partial charge in [-0.1, -0.05) is 62.4 Å². The minimum absolute atomic E-state index is 0.0128. The molecule has 2 aromatic rings. The number of carbonyl (C=O) groups excluding carboxylic acids is 2. The summed E-state index contributed by atoms with van der Waals surface area (Å²) in [6, 6.07) is 16.3. The number of rotatable bonds is 10. The molecule has 7 heteroatoms. The van der Waals surface area contributed by atoms with Crippen LogP contribution in [0.15, 0.2) is 48.5 Å². The number of hydrogen-bond donors (Lipinski definition) is 3. The molecular weight excluding hydrogens is 432 g/mol. The molecule has 0 radical (unpaired) electrons. The predicted octanol–water partition coefficient (Wildman–Crippen LogP) is 4.31. The van der Waals surface area contributed by atoms with Gasteiger partial charge in [0.15, 0.2) is 0 Å². The largest absolute Gasteiger partial charge is 0.480 e. The van der Waals surface area contributed by atoms with E-state index in [1.807, 2.05) is 24.3 Å². The maximum Gasteiger partial charge on any atom is 0.407 e. The first-order valence-corrected chi connectivity index (χ1v) is 11.9. The van der Waals surface area contributed by atoms with E-state index in [-0.39, 0.29) is 30.8 Å². The van der Waals surface area contributed by atoms with Crippen LogP contribution in [-0.4, -0.2) is 41.8 Å². The van der Waals surface area contributed by atoms with Gasteiger partial charge < -0.3 is 20.5 Å².